The molecule has 0 bridgehead atoms. The molecule has 0 saturated carbocycles. The van der Waals surface area contributed by atoms with Crippen molar-refractivity contribution in [1.82, 2.24) is 15.5 Å². The molecule has 1 aromatic carbocycles. The Morgan fingerprint density at radius 1 is 1.25 bits per heavy atom. The maximum Gasteiger partial charge on any atom is 0.191 e. The second-order valence-corrected chi connectivity index (χ2v) is 7.41. The monoisotopic (exact) mass is 504 g/mol. The zero-order valence-corrected chi connectivity index (χ0v) is 20.3. The SMILES string of the molecule is CN=C(NCCc1ccc(OC)c(OC)c1)NCC(C)N1CCCC(C)C1.I. The number of piperidine rings is 1. The number of ether oxygens (including phenoxy) is 2. The van der Waals surface area contributed by atoms with Gasteiger partial charge in [0.1, 0.15) is 0 Å². The molecule has 2 unspecified atom stereocenters. The van der Waals surface area contributed by atoms with Crippen molar-refractivity contribution < 1.29 is 9.47 Å². The summed E-state index contributed by atoms with van der Waals surface area (Å²) in [5.41, 5.74) is 1.20. The lowest BCUT2D eigenvalue weighted by Crippen LogP contribution is -2.48. The third-order valence-corrected chi connectivity index (χ3v) is 5.25. The van der Waals surface area contributed by atoms with Gasteiger partial charge in [-0.2, -0.15) is 0 Å². The van der Waals surface area contributed by atoms with E-state index in [0.29, 0.717) is 6.04 Å². The second-order valence-electron chi connectivity index (χ2n) is 7.41. The summed E-state index contributed by atoms with van der Waals surface area (Å²) in [6, 6.07) is 6.55. The molecule has 160 valence electrons. The van der Waals surface area contributed by atoms with Gasteiger partial charge in [0.2, 0.25) is 0 Å². The van der Waals surface area contributed by atoms with Gasteiger partial charge in [0.05, 0.1) is 14.2 Å². The summed E-state index contributed by atoms with van der Waals surface area (Å²) >= 11 is 0. The number of hydrogen-bond donors (Lipinski definition) is 2. The Bertz CT molecular complexity index is 612. The van der Waals surface area contributed by atoms with E-state index >= 15 is 0 Å². The topological polar surface area (TPSA) is 58.1 Å². The van der Waals surface area contributed by atoms with Crippen LogP contribution < -0.4 is 20.1 Å². The van der Waals surface area contributed by atoms with Crippen molar-refractivity contribution in [1.29, 1.82) is 0 Å². The Morgan fingerprint density at radius 2 is 2.00 bits per heavy atom. The van der Waals surface area contributed by atoms with E-state index in [1.54, 1.807) is 14.2 Å². The Labute approximate surface area is 187 Å². The first kappa shape index (κ1) is 24.8. The molecule has 0 aromatic heterocycles. The molecule has 0 amide bonds. The van der Waals surface area contributed by atoms with E-state index < -0.39 is 0 Å². The molecule has 0 radical (unpaired) electrons. The predicted molar refractivity (Wildman–Crippen MR) is 127 cm³/mol. The lowest BCUT2D eigenvalue weighted by molar-refractivity contribution is 0.139. The smallest absolute Gasteiger partial charge is 0.191 e. The van der Waals surface area contributed by atoms with Gasteiger partial charge in [-0.25, -0.2) is 0 Å². The fourth-order valence-electron chi connectivity index (χ4n) is 3.58. The molecule has 1 fully saturated rings. The third-order valence-electron chi connectivity index (χ3n) is 5.25. The van der Waals surface area contributed by atoms with E-state index in [2.05, 4.69) is 40.4 Å². The van der Waals surface area contributed by atoms with Crippen LogP contribution >= 0.6 is 24.0 Å². The zero-order valence-electron chi connectivity index (χ0n) is 18.0. The summed E-state index contributed by atoms with van der Waals surface area (Å²) in [7, 11) is 5.13. The minimum atomic E-state index is 0. The summed E-state index contributed by atoms with van der Waals surface area (Å²) in [6.45, 7) is 8.77. The van der Waals surface area contributed by atoms with Crippen molar-refractivity contribution in [2.45, 2.75) is 39.2 Å². The molecular weight excluding hydrogens is 467 g/mol. The molecular formula is C21H37IN4O2. The molecule has 1 heterocycles. The summed E-state index contributed by atoms with van der Waals surface area (Å²) < 4.78 is 10.7. The normalized spacial score (nSPS) is 18.8. The standard InChI is InChI=1S/C21H36N4O2.HI/c1-16-7-6-12-25(15-16)17(2)14-24-21(22-3)23-11-10-18-8-9-19(26-4)20(13-18)27-5;/h8-9,13,16-17H,6-7,10-12,14-15H2,1-5H3,(H2,22,23,24);1H. The maximum atomic E-state index is 5.37. The van der Waals surface area contributed by atoms with Crippen LogP contribution in [0, 0.1) is 5.92 Å². The molecule has 7 heteroatoms. The lowest BCUT2D eigenvalue weighted by atomic mass is 9.99. The minimum absolute atomic E-state index is 0. The summed E-state index contributed by atoms with van der Waals surface area (Å²) in [5, 5.41) is 6.86. The third kappa shape index (κ3) is 7.66. The van der Waals surface area contributed by atoms with Crippen molar-refractivity contribution in [3.8, 4) is 11.5 Å². The fraction of sp³-hybridized carbons (Fsp3) is 0.667. The predicted octanol–water partition coefficient (Wildman–Crippen LogP) is 3.15. The van der Waals surface area contributed by atoms with E-state index in [9.17, 15) is 0 Å². The molecule has 2 atom stereocenters. The highest BCUT2D eigenvalue weighted by molar-refractivity contribution is 14.0. The average molecular weight is 504 g/mol. The summed E-state index contributed by atoms with van der Waals surface area (Å²) in [6.07, 6.45) is 3.56. The first-order valence-electron chi connectivity index (χ1n) is 9.96. The van der Waals surface area contributed by atoms with E-state index in [4.69, 9.17) is 9.47 Å². The van der Waals surface area contributed by atoms with Gasteiger partial charge in [-0.1, -0.05) is 13.0 Å². The fourth-order valence-corrected chi connectivity index (χ4v) is 3.58. The first-order valence-corrected chi connectivity index (χ1v) is 9.96. The largest absolute Gasteiger partial charge is 0.493 e. The number of nitrogens with zero attached hydrogens (tertiary/aromatic N) is 2. The van der Waals surface area contributed by atoms with Crippen molar-refractivity contribution in [3.05, 3.63) is 23.8 Å². The molecule has 1 saturated heterocycles. The van der Waals surface area contributed by atoms with Crippen LogP contribution in [0.4, 0.5) is 0 Å². The van der Waals surface area contributed by atoms with Crippen LogP contribution in [-0.2, 0) is 6.42 Å². The number of methoxy groups -OCH3 is 2. The van der Waals surface area contributed by atoms with Gasteiger partial charge in [-0.3, -0.25) is 9.89 Å². The van der Waals surface area contributed by atoms with Gasteiger partial charge in [0.25, 0.3) is 0 Å². The highest BCUT2D eigenvalue weighted by Gasteiger charge is 2.20. The van der Waals surface area contributed by atoms with Gasteiger partial charge >= 0.3 is 0 Å². The number of guanidine groups is 1. The van der Waals surface area contributed by atoms with Crippen LogP contribution in [-0.4, -0.2) is 64.3 Å². The number of hydrogen-bond acceptors (Lipinski definition) is 4. The van der Waals surface area contributed by atoms with Crippen LogP contribution in [0.15, 0.2) is 23.2 Å². The molecule has 0 aliphatic carbocycles. The second kappa shape index (κ2) is 13.1. The molecule has 6 nitrogen and oxygen atoms in total. The van der Waals surface area contributed by atoms with Crippen molar-refractivity contribution in [2.24, 2.45) is 10.9 Å². The summed E-state index contributed by atoms with van der Waals surface area (Å²) in [4.78, 5) is 6.93. The van der Waals surface area contributed by atoms with Crippen LogP contribution in [0.5, 0.6) is 11.5 Å². The Hall–Kier alpha value is -1.22. The van der Waals surface area contributed by atoms with E-state index in [-0.39, 0.29) is 24.0 Å². The van der Waals surface area contributed by atoms with Crippen LogP contribution in [0.1, 0.15) is 32.3 Å². The Morgan fingerprint density at radius 3 is 2.64 bits per heavy atom. The van der Waals surface area contributed by atoms with E-state index in [0.717, 1.165) is 42.9 Å². The number of halogens is 1. The minimum Gasteiger partial charge on any atom is -0.493 e. The van der Waals surface area contributed by atoms with Gasteiger partial charge < -0.3 is 20.1 Å². The van der Waals surface area contributed by atoms with E-state index in [1.807, 2.05) is 19.2 Å². The molecule has 28 heavy (non-hydrogen) atoms. The van der Waals surface area contributed by atoms with Crippen LogP contribution in [0.2, 0.25) is 0 Å². The first-order chi connectivity index (χ1) is 13.1. The number of benzene rings is 1. The molecule has 0 spiro atoms. The summed E-state index contributed by atoms with van der Waals surface area (Å²) in [5.74, 6) is 3.18. The maximum absolute atomic E-state index is 5.37. The van der Waals surface area contributed by atoms with Crippen molar-refractivity contribution in [2.75, 3.05) is 47.4 Å². The van der Waals surface area contributed by atoms with Crippen molar-refractivity contribution >= 4 is 29.9 Å². The lowest BCUT2D eigenvalue weighted by Gasteiger charge is -2.35. The molecule has 2 N–H and O–H groups in total. The quantitative estimate of drug-likeness (QED) is 0.324. The van der Waals surface area contributed by atoms with Gasteiger partial charge in [0.15, 0.2) is 17.5 Å². The Balaban J connectivity index is 0.00000392. The van der Waals surface area contributed by atoms with Crippen molar-refractivity contribution in [3.63, 3.8) is 0 Å². The number of nitrogens with one attached hydrogen (secondary N) is 2. The van der Waals surface area contributed by atoms with Gasteiger partial charge in [0, 0.05) is 32.7 Å². The Kier molecular flexibility index (Phi) is 11.6. The molecule has 1 aliphatic rings. The number of likely N-dealkylation sites (tertiary alicyclic amines) is 1. The molecule has 1 aromatic rings. The molecule has 2 rings (SSSR count). The molecule has 1 aliphatic heterocycles. The highest BCUT2D eigenvalue weighted by Crippen LogP contribution is 2.27. The van der Waals surface area contributed by atoms with Crippen LogP contribution in [0.25, 0.3) is 0 Å². The van der Waals surface area contributed by atoms with E-state index in [1.165, 1.54) is 31.5 Å². The average Bonchev–Trinajstić information content (AvgIpc) is 2.70. The highest BCUT2D eigenvalue weighted by atomic mass is 127. The van der Waals surface area contributed by atoms with Gasteiger partial charge in [-0.15, -0.1) is 24.0 Å². The number of rotatable bonds is 8. The van der Waals surface area contributed by atoms with Gasteiger partial charge in [-0.05, 0) is 56.3 Å². The van der Waals surface area contributed by atoms with Crippen LogP contribution in [0.3, 0.4) is 0 Å². The zero-order chi connectivity index (χ0) is 19.6. The number of aliphatic imine (C=N–C) groups is 1.